The molecule has 5 heteroatoms. The van der Waals surface area contributed by atoms with Crippen LogP contribution in [0.2, 0.25) is 0 Å². The zero-order valence-electron chi connectivity index (χ0n) is 12.2. The molecule has 2 rings (SSSR count). The summed E-state index contributed by atoms with van der Waals surface area (Å²) in [7, 11) is 0. The number of non-ortho nitro benzene ring substituents is 1. The molecule has 0 radical (unpaired) electrons. The molecule has 0 heterocycles. The second kappa shape index (κ2) is 5.61. The molecule has 20 heavy (non-hydrogen) atoms. The summed E-state index contributed by atoms with van der Waals surface area (Å²) in [5.41, 5.74) is 5.10. The molecule has 0 amide bonds. The number of hydrogen-bond acceptors (Lipinski definition) is 4. The van der Waals surface area contributed by atoms with E-state index in [2.05, 4.69) is 31.3 Å². The Morgan fingerprint density at radius 1 is 1.45 bits per heavy atom. The van der Waals surface area contributed by atoms with Gasteiger partial charge in [0, 0.05) is 17.8 Å². The van der Waals surface area contributed by atoms with Crippen LogP contribution in [0.4, 0.5) is 11.4 Å². The molecule has 1 unspecified atom stereocenters. The molecule has 1 saturated carbocycles. The lowest BCUT2D eigenvalue weighted by atomic mass is 9.72. The van der Waals surface area contributed by atoms with Crippen LogP contribution in [0.3, 0.4) is 0 Å². The highest BCUT2D eigenvalue weighted by Crippen LogP contribution is 2.37. The number of nitro benzene ring substituents is 1. The second-order valence-corrected chi connectivity index (χ2v) is 6.45. The van der Waals surface area contributed by atoms with E-state index in [0.717, 1.165) is 18.6 Å². The Kier molecular flexibility index (Phi) is 4.06. The number of benzene rings is 1. The molecule has 0 aliphatic heterocycles. The number of hydrazone groups is 1. The Labute approximate surface area is 119 Å². The number of nitro groups is 1. The van der Waals surface area contributed by atoms with Crippen LogP contribution in [0.25, 0.3) is 0 Å². The maximum absolute atomic E-state index is 10.7. The van der Waals surface area contributed by atoms with Crippen LogP contribution < -0.4 is 5.43 Å². The van der Waals surface area contributed by atoms with Gasteiger partial charge < -0.3 is 0 Å². The van der Waals surface area contributed by atoms with Gasteiger partial charge in [-0.1, -0.05) is 26.8 Å². The highest BCUT2D eigenvalue weighted by Gasteiger charge is 2.29. The topological polar surface area (TPSA) is 67.5 Å². The van der Waals surface area contributed by atoms with Gasteiger partial charge in [-0.2, -0.15) is 5.10 Å². The van der Waals surface area contributed by atoms with E-state index in [1.807, 2.05) is 0 Å². The van der Waals surface area contributed by atoms with Gasteiger partial charge in [0.2, 0.25) is 0 Å². The Morgan fingerprint density at radius 2 is 2.20 bits per heavy atom. The molecule has 5 nitrogen and oxygen atoms in total. The van der Waals surface area contributed by atoms with Crippen molar-refractivity contribution in [2.24, 2.45) is 16.4 Å². The van der Waals surface area contributed by atoms with Crippen molar-refractivity contribution in [3.8, 4) is 0 Å². The second-order valence-electron chi connectivity index (χ2n) is 6.45. The molecule has 1 aromatic rings. The molecular weight excluding hydrogens is 254 g/mol. The molecule has 0 aromatic heterocycles. The summed E-state index contributed by atoms with van der Waals surface area (Å²) in [5.74, 6) is 0.629. The third-order valence-corrected chi connectivity index (χ3v) is 3.57. The Hall–Kier alpha value is -1.91. The third-order valence-electron chi connectivity index (χ3n) is 3.57. The van der Waals surface area contributed by atoms with Crippen LogP contribution >= 0.6 is 0 Å². The van der Waals surface area contributed by atoms with Crippen LogP contribution in [0.1, 0.15) is 40.0 Å². The van der Waals surface area contributed by atoms with Crippen molar-refractivity contribution in [1.29, 1.82) is 0 Å². The first-order valence-corrected chi connectivity index (χ1v) is 6.92. The minimum Gasteiger partial charge on any atom is -0.278 e. The van der Waals surface area contributed by atoms with Crippen molar-refractivity contribution in [3.63, 3.8) is 0 Å². The summed E-state index contributed by atoms with van der Waals surface area (Å²) >= 11 is 0. The van der Waals surface area contributed by atoms with E-state index >= 15 is 0 Å². The fourth-order valence-corrected chi connectivity index (χ4v) is 3.03. The Balaban J connectivity index is 2.09. The van der Waals surface area contributed by atoms with Crippen LogP contribution in [-0.2, 0) is 0 Å². The minimum absolute atomic E-state index is 0.0764. The Bertz CT molecular complexity index is 538. The zero-order chi connectivity index (χ0) is 14.8. The predicted octanol–water partition coefficient (Wildman–Crippen LogP) is 4.21. The van der Waals surface area contributed by atoms with Crippen molar-refractivity contribution < 1.29 is 4.92 Å². The van der Waals surface area contributed by atoms with E-state index in [4.69, 9.17) is 0 Å². The molecule has 1 aromatic carbocycles. The van der Waals surface area contributed by atoms with Gasteiger partial charge >= 0.3 is 0 Å². The standard InChI is InChI=1S/C15H21N3O2/c1-11-7-13(10-15(2,3)9-11)17-16-12-5-4-6-14(8-12)18(19)20/h4-6,8,11,16H,7,9-10H2,1-3H3/b17-13+. The third kappa shape index (κ3) is 3.79. The lowest BCUT2D eigenvalue weighted by Crippen LogP contribution is -2.28. The number of rotatable bonds is 3. The highest BCUT2D eigenvalue weighted by molar-refractivity contribution is 5.86. The Morgan fingerprint density at radius 3 is 2.85 bits per heavy atom. The van der Waals surface area contributed by atoms with E-state index in [1.54, 1.807) is 12.1 Å². The van der Waals surface area contributed by atoms with E-state index in [0.29, 0.717) is 11.6 Å². The lowest BCUT2D eigenvalue weighted by molar-refractivity contribution is -0.384. The molecule has 0 bridgehead atoms. The highest BCUT2D eigenvalue weighted by atomic mass is 16.6. The van der Waals surface area contributed by atoms with Gasteiger partial charge in [-0.25, -0.2) is 0 Å². The van der Waals surface area contributed by atoms with Gasteiger partial charge in [0.25, 0.3) is 5.69 Å². The zero-order valence-corrected chi connectivity index (χ0v) is 12.2. The fraction of sp³-hybridized carbons (Fsp3) is 0.533. The SMILES string of the molecule is CC1C/C(=N\Nc2cccc([N+](=O)[O-])c2)CC(C)(C)C1. The maximum Gasteiger partial charge on any atom is 0.271 e. The molecule has 1 fully saturated rings. The van der Waals surface area contributed by atoms with E-state index in [9.17, 15) is 10.1 Å². The molecule has 1 atom stereocenters. The minimum atomic E-state index is -0.399. The van der Waals surface area contributed by atoms with Gasteiger partial charge in [-0.15, -0.1) is 0 Å². The summed E-state index contributed by atoms with van der Waals surface area (Å²) in [6.45, 7) is 6.75. The first-order chi connectivity index (χ1) is 9.35. The first kappa shape index (κ1) is 14.5. The largest absolute Gasteiger partial charge is 0.278 e. The number of nitrogens with one attached hydrogen (secondary N) is 1. The van der Waals surface area contributed by atoms with Crippen molar-refractivity contribution in [1.82, 2.24) is 0 Å². The number of hydrogen-bond donors (Lipinski definition) is 1. The van der Waals surface area contributed by atoms with Gasteiger partial charge in [0.15, 0.2) is 0 Å². The molecule has 1 aliphatic carbocycles. The molecule has 0 spiro atoms. The quantitative estimate of drug-likeness (QED) is 0.663. The molecule has 0 saturated heterocycles. The van der Waals surface area contributed by atoms with E-state index in [-0.39, 0.29) is 11.1 Å². The summed E-state index contributed by atoms with van der Waals surface area (Å²) in [6, 6.07) is 6.42. The molecule has 108 valence electrons. The summed E-state index contributed by atoms with van der Waals surface area (Å²) < 4.78 is 0. The fourth-order valence-electron chi connectivity index (χ4n) is 3.03. The predicted molar refractivity (Wildman–Crippen MR) is 81.0 cm³/mol. The average molecular weight is 275 g/mol. The molecular formula is C15H21N3O2. The van der Waals surface area contributed by atoms with Crippen molar-refractivity contribution in [2.45, 2.75) is 40.0 Å². The van der Waals surface area contributed by atoms with Gasteiger partial charge in [0.05, 0.1) is 10.6 Å². The van der Waals surface area contributed by atoms with Gasteiger partial charge in [-0.05, 0) is 36.7 Å². The van der Waals surface area contributed by atoms with Gasteiger partial charge in [0.1, 0.15) is 0 Å². The number of anilines is 1. The van der Waals surface area contributed by atoms with E-state index in [1.165, 1.54) is 18.6 Å². The smallest absolute Gasteiger partial charge is 0.271 e. The lowest BCUT2D eigenvalue weighted by Gasteiger charge is -2.34. The van der Waals surface area contributed by atoms with Crippen LogP contribution in [-0.4, -0.2) is 10.6 Å². The van der Waals surface area contributed by atoms with Crippen molar-refractivity contribution >= 4 is 17.1 Å². The monoisotopic (exact) mass is 275 g/mol. The van der Waals surface area contributed by atoms with Crippen molar-refractivity contribution in [3.05, 3.63) is 34.4 Å². The van der Waals surface area contributed by atoms with Crippen LogP contribution in [0.5, 0.6) is 0 Å². The number of nitrogens with zero attached hydrogens (tertiary/aromatic N) is 2. The normalized spacial score (nSPS) is 23.6. The van der Waals surface area contributed by atoms with Crippen LogP contribution in [0.15, 0.2) is 29.4 Å². The van der Waals surface area contributed by atoms with Gasteiger partial charge in [-0.3, -0.25) is 15.5 Å². The molecule has 1 N–H and O–H groups in total. The summed E-state index contributed by atoms with van der Waals surface area (Å²) in [6.07, 6.45) is 3.17. The van der Waals surface area contributed by atoms with Crippen molar-refractivity contribution in [2.75, 3.05) is 5.43 Å². The van der Waals surface area contributed by atoms with E-state index < -0.39 is 4.92 Å². The van der Waals surface area contributed by atoms with Crippen LogP contribution in [0, 0.1) is 21.4 Å². The average Bonchev–Trinajstić information content (AvgIpc) is 2.34. The summed E-state index contributed by atoms with van der Waals surface area (Å²) in [5, 5.41) is 15.2. The maximum atomic E-state index is 10.7. The first-order valence-electron chi connectivity index (χ1n) is 6.92. The molecule has 1 aliphatic rings. The summed E-state index contributed by atoms with van der Waals surface area (Å²) in [4.78, 5) is 10.3.